The molecule has 2 nitrogen and oxygen atoms in total. The van der Waals surface area contributed by atoms with Crippen LogP contribution in [-0.2, 0) is 0 Å². The van der Waals surface area contributed by atoms with Crippen LogP contribution in [0.2, 0.25) is 13.1 Å². The molecule has 0 saturated heterocycles. The highest BCUT2D eigenvalue weighted by Crippen LogP contribution is 2.40. The number of rotatable bonds is 6. The molecule has 0 aliphatic carbocycles. The Labute approximate surface area is 323 Å². The summed E-state index contributed by atoms with van der Waals surface area (Å²) in [5, 5.41) is 5.25. The molecule has 0 spiro atoms. The lowest BCUT2D eigenvalue weighted by molar-refractivity contribution is 1.21. The van der Waals surface area contributed by atoms with Crippen LogP contribution in [0.15, 0.2) is 194 Å². The van der Waals surface area contributed by atoms with E-state index in [0.29, 0.717) is 0 Å². The zero-order chi connectivity index (χ0) is 36.9. The van der Waals surface area contributed by atoms with Crippen LogP contribution in [0.4, 0.5) is 0 Å². The number of fused-ring (bicyclic) bond motifs is 5. The molecule has 0 saturated carbocycles. The van der Waals surface area contributed by atoms with Crippen molar-refractivity contribution >= 4 is 29.4 Å². The predicted molar refractivity (Wildman–Crippen MR) is 234 cm³/mol. The van der Waals surface area contributed by atoms with Crippen molar-refractivity contribution < 1.29 is 0 Å². The Morgan fingerprint density at radius 2 is 0.800 bits per heavy atom. The van der Waals surface area contributed by atoms with Gasteiger partial charge in [-0.2, -0.15) is 0 Å². The third kappa shape index (κ3) is 5.81. The summed E-state index contributed by atoms with van der Waals surface area (Å²) in [5.41, 5.74) is 15.1. The van der Waals surface area contributed by atoms with Gasteiger partial charge in [-0.05, 0) is 90.3 Å². The fourth-order valence-corrected chi connectivity index (χ4v) is 11.8. The molecule has 8 aromatic carbocycles. The molecule has 260 valence electrons. The van der Waals surface area contributed by atoms with Gasteiger partial charge in [0.25, 0.3) is 0 Å². The summed E-state index contributed by atoms with van der Waals surface area (Å²) in [6.07, 6.45) is 0. The van der Waals surface area contributed by atoms with E-state index >= 15 is 0 Å². The van der Waals surface area contributed by atoms with Crippen molar-refractivity contribution in [2.75, 3.05) is 0 Å². The van der Waals surface area contributed by atoms with Gasteiger partial charge in [0.2, 0.25) is 0 Å². The molecule has 10 rings (SSSR count). The van der Waals surface area contributed by atoms with Crippen molar-refractivity contribution in [1.82, 2.24) is 9.97 Å². The van der Waals surface area contributed by atoms with E-state index in [1.165, 1.54) is 65.8 Å². The molecule has 0 radical (unpaired) electrons. The predicted octanol–water partition coefficient (Wildman–Crippen LogP) is 12.4. The average Bonchev–Trinajstić information content (AvgIpc) is 3.50. The molecule has 9 aromatic rings. The number of nitrogens with zero attached hydrogens (tertiary/aromatic N) is 2. The van der Waals surface area contributed by atoms with E-state index in [-0.39, 0.29) is 0 Å². The molecule has 0 fully saturated rings. The summed E-state index contributed by atoms with van der Waals surface area (Å²) >= 11 is 0. The number of benzene rings is 8. The molecular weight excluding hydrogens is 681 g/mol. The van der Waals surface area contributed by atoms with Crippen molar-refractivity contribution in [1.29, 1.82) is 0 Å². The lowest BCUT2D eigenvalue weighted by Crippen LogP contribution is -2.51. The van der Waals surface area contributed by atoms with Crippen LogP contribution in [0.25, 0.3) is 89.1 Å². The van der Waals surface area contributed by atoms with Gasteiger partial charge in [0.1, 0.15) is 8.07 Å². The molecule has 1 aliphatic rings. The minimum atomic E-state index is -2.27. The molecule has 0 bridgehead atoms. The molecule has 1 aliphatic heterocycles. The van der Waals surface area contributed by atoms with Crippen molar-refractivity contribution in [3.05, 3.63) is 194 Å². The first-order chi connectivity index (χ1) is 27.0. The van der Waals surface area contributed by atoms with E-state index in [0.717, 1.165) is 33.8 Å². The lowest BCUT2D eigenvalue weighted by Gasteiger charge is -2.20. The van der Waals surface area contributed by atoms with Gasteiger partial charge in [0.05, 0.1) is 5.69 Å². The van der Waals surface area contributed by atoms with Crippen LogP contribution >= 0.6 is 0 Å². The summed E-state index contributed by atoms with van der Waals surface area (Å²) < 4.78 is 0. The normalized spacial score (nSPS) is 12.7. The number of hydrogen-bond acceptors (Lipinski definition) is 2. The van der Waals surface area contributed by atoms with Gasteiger partial charge in [-0.3, -0.25) is 0 Å². The summed E-state index contributed by atoms with van der Waals surface area (Å²) in [4.78, 5) is 11.1. The smallest absolute Gasteiger partial charge is 0.159 e. The first kappa shape index (κ1) is 32.9. The quantitative estimate of drug-likeness (QED) is 0.160. The Kier molecular flexibility index (Phi) is 7.97. The van der Waals surface area contributed by atoms with Crippen LogP contribution < -0.4 is 10.5 Å². The molecule has 0 unspecified atom stereocenters. The van der Waals surface area contributed by atoms with Gasteiger partial charge in [-0.25, -0.2) is 9.97 Å². The van der Waals surface area contributed by atoms with Gasteiger partial charge in [-0.1, -0.05) is 183 Å². The van der Waals surface area contributed by atoms with Crippen molar-refractivity contribution in [3.8, 4) is 78.3 Å². The highest BCUT2D eigenvalue weighted by molar-refractivity contribution is 7.04. The molecule has 0 amide bonds. The van der Waals surface area contributed by atoms with E-state index in [9.17, 15) is 0 Å². The molecule has 3 heteroatoms. The van der Waals surface area contributed by atoms with Gasteiger partial charge in [-0.15, -0.1) is 0 Å². The van der Waals surface area contributed by atoms with Gasteiger partial charge >= 0.3 is 0 Å². The number of hydrogen-bond donors (Lipinski definition) is 0. The Balaban J connectivity index is 1.15. The van der Waals surface area contributed by atoms with Gasteiger partial charge in [0.15, 0.2) is 5.82 Å². The standard InChI is InChI=1S/C52H38N2Si/c1-55(2)50-46-28-10-9-19-37(46)29-30-47(50)48-49(44-26-13-24-42(33-44)40-22-11-20-38(31-40)35-15-5-3-6-16-35)53-51(54-52(48)55)45-27-14-25-43(34-45)41-23-12-21-39(32-41)36-17-7-4-8-18-36/h3-34H,1-2H3. The zero-order valence-electron chi connectivity index (χ0n) is 30.9. The second kappa shape index (κ2) is 13.3. The third-order valence-corrected chi connectivity index (χ3v) is 14.5. The maximum atomic E-state index is 5.56. The molecular formula is C52H38N2Si. The SMILES string of the molecule is C[Si]1(C)c2nc(-c3cccc(-c4cccc(-c5ccccc5)c4)c3)nc(-c3cccc(-c4cccc(-c5ccccc5)c4)c3)c2-c2ccc3ccccc3c21. The van der Waals surface area contributed by atoms with E-state index in [2.05, 4.69) is 207 Å². The van der Waals surface area contributed by atoms with Gasteiger partial charge in [0, 0.05) is 22.0 Å². The molecule has 0 atom stereocenters. The van der Waals surface area contributed by atoms with Crippen LogP contribution in [0.5, 0.6) is 0 Å². The fourth-order valence-electron chi connectivity index (χ4n) is 8.48. The second-order valence-corrected chi connectivity index (χ2v) is 19.2. The van der Waals surface area contributed by atoms with E-state index < -0.39 is 8.07 Å². The average molecular weight is 719 g/mol. The monoisotopic (exact) mass is 718 g/mol. The van der Waals surface area contributed by atoms with Crippen molar-refractivity contribution in [2.24, 2.45) is 0 Å². The van der Waals surface area contributed by atoms with E-state index in [4.69, 9.17) is 9.97 Å². The minimum Gasteiger partial charge on any atom is -0.237 e. The van der Waals surface area contributed by atoms with Crippen LogP contribution in [-0.4, -0.2) is 18.0 Å². The molecule has 55 heavy (non-hydrogen) atoms. The molecule has 1 aromatic heterocycles. The Bertz CT molecular complexity index is 2890. The Morgan fingerprint density at radius 3 is 1.38 bits per heavy atom. The summed E-state index contributed by atoms with van der Waals surface area (Å²) in [6.45, 7) is 4.92. The second-order valence-electron chi connectivity index (χ2n) is 15.0. The molecule has 2 heterocycles. The van der Waals surface area contributed by atoms with Crippen LogP contribution in [0.1, 0.15) is 0 Å². The Morgan fingerprint density at radius 1 is 0.364 bits per heavy atom. The van der Waals surface area contributed by atoms with Crippen molar-refractivity contribution in [2.45, 2.75) is 13.1 Å². The zero-order valence-corrected chi connectivity index (χ0v) is 31.9. The van der Waals surface area contributed by atoms with Crippen molar-refractivity contribution in [3.63, 3.8) is 0 Å². The summed E-state index contributed by atoms with van der Waals surface area (Å²) in [7, 11) is -2.27. The summed E-state index contributed by atoms with van der Waals surface area (Å²) in [6, 6.07) is 69.9. The molecule has 0 N–H and O–H groups in total. The van der Waals surface area contributed by atoms with Crippen LogP contribution in [0.3, 0.4) is 0 Å². The Hall–Kier alpha value is -6.68. The third-order valence-electron chi connectivity index (χ3n) is 11.2. The maximum absolute atomic E-state index is 5.56. The highest BCUT2D eigenvalue weighted by Gasteiger charge is 2.42. The van der Waals surface area contributed by atoms with E-state index in [1.807, 2.05) is 0 Å². The topological polar surface area (TPSA) is 25.8 Å². The first-order valence-electron chi connectivity index (χ1n) is 19.0. The lowest BCUT2D eigenvalue weighted by atomic mass is 9.94. The highest BCUT2D eigenvalue weighted by atomic mass is 28.3. The minimum absolute atomic E-state index is 0.768. The fraction of sp³-hybridized carbons (Fsp3) is 0.0385. The maximum Gasteiger partial charge on any atom is 0.159 e. The largest absolute Gasteiger partial charge is 0.237 e. The first-order valence-corrected chi connectivity index (χ1v) is 22.0. The van der Waals surface area contributed by atoms with E-state index in [1.54, 1.807) is 0 Å². The number of aromatic nitrogens is 2. The summed E-state index contributed by atoms with van der Waals surface area (Å²) in [5.74, 6) is 0.768. The van der Waals surface area contributed by atoms with Gasteiger partial charge < -0.3 is 0 Å². The van der Waals surface area contributed by atoms with Crippen LogP contribution in [0, 0.1) is 0 Å².